The summed E-state index contributed by atoms with van der Waals surface area (Å²) in [6, 6.07) is 1.79. The van der Waals surface area contributed by atoms with Crippen molar-refractivity contribution in [3.05, 3.63) is 28.5 Å². The summed E-state index contributed by atoms with van der Waals surface area (Å²) in [6.07, 6.45) is 0.227. The molecule has 1 heterocycles. The molecule has 1 aromatic rings. The van der Waals surface area contributed by atoms with Crippen LogP contribution in [-0.4, -0.2) is 50.1 Å². The van der Waals surface area contributed by atoms with E-state index in [-0.39, 0.29) is 24.2 Å². The maximum Gasteiger partial charge on any atom is 0.338 e. The van der Waals surface area contributed by atoms with Gasteiger partial charge in [0.2, 0.25) is 10.0 Å². The van der Waals surface area contributed by atoms with E-state index in [4.69, 9.17) is 21.4 Å². The molecule has 0 aromatic heterocycles. The number of benzene rings is 1. The first kappa shape index (κ1) is 16.2. The molecule has 1 saturated heterocycles. The molecular formula is C12H13ClFNO5S. The van der Waals surface area contributed by atoms with Gasteiger partial charge in [-0.1, -0.05) is 11.6 Å². The Morgan fingerprint density at radius 1 is 1.52 bits per heavy atom. The number of carboxylic acids is 1. The summed E-state index contributed by atoms with van der Waals surface area (Å²) in [5.74, 6) is -2.89. The number of carboxylic acid groups (broad SMARTS) is 1. The van der Waals surface area contributed by atoms with Gasteiger partial charge in [0.1, 0.15) is 4.90 Å². The van der Waals surface area contributed by atoms with Crippen LogP contribution in [0, 0.1) is 5.82 Å². The van der Waals surface area contributed by atoms with Crippen LogP contribution in [0.3, 0.4) is 0 Å². The Bertz CT molecular complexity index is 678. The zero-order valence-corrected chi connectivity index (χ0v) is 12.6. The fourth-order valence-corrected chi connectivity index (χ4v) is 4.04. The second-order valence-electron chi connectivity index (χ2n) is 4.58. The predicted octanol–water partition coefficient (Wildman–Crippen LogP) is 1.59. The predicted molar refractivity (Wildman–Crippen MR) is 72.5 cm³/mol. The number of methoxy groups -OCH3 is 1. The average molecular weight is 338 g/mol. The molecule has 9 heteroatoms. The monoisotopic (exact) mass is 337 g/mol. The summed E-state index contributed by atoms with van der Waals surface area (Å²) in [5, 5.41) is 8.74. The molecule has 0 amide bonds. The minimum absolute atomic E-state index is 0.0905. The van der Waals surface area contributed by atoms with E-state index in [1.54, 1.807) is 0 Å². The molecule has 0 spiro atoms. The number of halogens is 2. The van der Waals surface area contributed by atoms with E-state index < -0.39 is 32.3 Å². The van der Waals surface area contributed by atoms with Crippen molar-refractivity contribution in [3.8, 4) is 0 Å². The van der Waals surface area contributed by atoms with E-state index in [9.17, 15) is 17.6 Å². The second kappa shape index (κ2) is 5.88. The summed E-state index contributed by atoms with van der Waals surface area (Å²) in [4.78, 5) is 10.2. The van der Waals surface area contributed by atoms with Crippen LogP contribution in [0.25, 0.3) is 0 Å². The Balaban J connectivity index is 2.48. The van der Waals surface area contributed by atoms with Gasteiger partial charge in [-0.05, 0) is 18.6 Å². The van der Waals surface area contributed by atoms with Gasteiger partial charge in [-0.25, -0.2) is 17.6 Å². The number of carbonyl (C=O) groups is 1. The number of hydrogen-bond donors (Lipinski definition) is 1. The van der Waals surface area contributed by atoms with E-state index >= 15 is 0 Å². The molecule has 1 atom stereocenters. The van der Waals surface area contributed by atoms with E-state index in [1.807, 2.05) is 0 Å². The van der Waals surface area contributed by atoms with Crippen molar-refractivity contribution in [3.63, 3.8) is 0 Å². The van der Waals surface area contributed by atoms with Crippen LogP contribution in [0.2, 0.25) is 5.02 Å². The largest absolute Gasteiger partial charge is 0.478 e. The maximum absolute atomic E-state index is 14.2. The minimum Gasteiger partial charge on any atom is -0.478 e. The second-order valence-corrected chi connectivity index (χ2v) is 6.92. The molecule has 1 aliphatic rings. The first-order valence-electron chi connectivity index (χ1n) is 6.02. The van der Waals surface area contributed by atoms with Crippen molar-refractivity contribution in [2.24, 2.45) is 0 Å². The molecular weight excluding hydrogens is 325 g/mol. The van der Waals surface area contributed by atoms with Crippen molar-refractivity contribution in [1.29, 1.82) is 0 Å². The lowest BCUT2D eigenvalue weighted by molar-refractivity contribution is 0.0691. The van der Waals surface area contributed by atoms with E-state index in [0.29, 0.717) is 6.42 Å². The normalized spacial score (nSPS) is 19.9. The third-order valence-electron chi connectivity index (χ3n) is 3.29. The van der Waals surface area contributed by atoms with Gasteiger partial charge >= 0.3 is 5.97 Å². The highest BCUT2D eigenvalue weighted by Gasteiger charge is 2.35. The Kier molecular flexibility index (Phi) is 4.52. The molecule has 21 heavy (non-hydrogen) atoms. The highest BCUT2D eigenvalue weighted by molar-refractivity contribution is 7.89. The molecule has 0 saturated carbocycles. The fraction of sp³-hybridized carbons (Fsp3) is 0.417. The van der Waals surface area contributed by atoms with Gasteiger partial charge in [0.05, 0.1) is 11.7 Å². The Hall–Kier alpha value is -1.22. The molecule has 1 N–H and O–H groups in total. The van der Waals surface area contributed by atoms with Gasteiger partial charge in [-0.15, -0.1) is 0 Å². The molecule has 0 aliphatic carbocycles. The first-order valence-corrected chi connectivity index (χ1v) is 7.84. The summed E-state index contributed by atoms with van der Waals surface area (Å²) in [7, 11) is -2.70. The zero-order valence-electron chi connectivity index (χ0n) is 11.0. The highest BCUT2D eigenvalue weighted by Crippen LogP contribution is 2.28. The lowest BCUT2D eigenvalue weighted by Crippen LogP contribution is -2.31. The van der Waals surface area contributed by atoms with Crippen molar-refractivity contribution < 1.29 is 27.4 Å². The van der Waals surface area contributed by atoms with Crippen LogP contribution >= 0.6 is 11.6 Å². The Labute approximate surface area is 126 Å². The minimum atomic E-state index is -4.16. The number of hydrogen-bond acceptors (Lipinski definition) is 4. The number of ether oxygens (including phenoxy) is 1. The summed E-state index contributed by atoms with van der Waals surface area (Å²) < 4.78 is 45.1. The smallest absolute Gasteiger partial charge is 0.338 e. The SMILES string of the molecule is COC1CCN(S(=O)(=O)c2cc(Cl)cc(C(=O)O)c2F)C1. The van der Waals surface area contributed by atoms with Crippen LogP contribution in [0.1, 0.15) is 16.8 Å². The molecule has 116 valence electrons. The van der Waals surface area contributed by atoms with Crippen LogP contribution in [0.5, 0.6) is 0 Å². The van der Waals surface area contributed by atoms with Gasteiger partial charge < -0.3 is 9.84 Å². The summed E-state index contributed by atoms with van der Waals surface area (Å²) in [5.41, 5.74) is -0.774. The third-order valence-corrected chi connectivity index (χ3v) is 5.38. The number of nitrogens with zero attached hydrogens (tertiary/aromatic N) is 1. The van der Waals surface area contributed by atoms with Crippen LogP contribution in [0.15, 0.2) is 17.0 Å². The molecule has 1 unspecified atom stereocenters. The number of rotatable bonds is 4. The van der Waals surface area contributed by atoms with Crippen LogP contribution in [0.4, 0.5) is 4.39 Å². The van der Waals surface area contributed by atoms with Crippen molar-refractivity contribution in [1.82, 2.24) is 4.31 Å². The fourth-order valence-electron chi connectivity index (χ4n) is 2.16. The lowest BCUT2D eigenvalue weighted by Gasteiger charge is -2.17. The lowest BCUT2D eigenvalue weighted by atomic mass is 10.2. The van der Waals surface area contributed by atoms with Gasteiger partial charge in [-0.3, -0.25) is 0 Å². The third kappa shape index (κ3) is 3.03. The van der Waals surface area contributed by atoms with Crippen molar-refractivity contribution in [2.75, 3.05) is 20.2 Å². The zero-order chi connectivity index (χ0) is 15.8. The standard InChI is InChI=1S/C12H13ClFNO5S/c1-20-8-2-3-15(6-8)21(18,19)10-5-7(13)4-9(11(10)14)12(16)17/h4-5,8H,2-3,6H2,1H3,(H,16,17). The van der Waals surface area contributed by atoms with Gasteiger partial charge in [0, 0.05) is 25.2 Å². The van der Waals surface area contributed by atoms with Crippen molar-refractivity contribution in [2.45, 2.75) is 17.4 Å². The van der Waals surface area contributed by atoms with Crippen LogP contribution in [-0.2, 0) is 14.8 Å². The maximum atomic E-state index is 14.2. The highest BCUT2D eigenvalue weighted by atomic mass is 35.5. The molecule has 0 bridgehead atoms. The first-order chi connectivity index (χ1) is 9.77. The topological polar surface area (TPSA) is 83.9 Å². The van der Waals surface area contributed by atoms with Gasteiger partial charge in [-0.2, -0.15) is 4.31 Å². The average Bonchev–Trinajstić information content (AvgIpc) is 2.90. The van der Waals surface area contributed by atoms with Crippen molar-refractivity contribution >= 4 is 27.6 Å². The molecule has 6 nitrogen and oxygen atoms in total. The molecule has 1 aromatic carbocycles. The summed E-state index contributed by atoms with van der Waals surface area (Å²) >= 11 is 5.70. The quantitative estimate of drug-likeness (QED) is 0.902. The molecule has 1 aliphatic heterocycles. The number of aromatic carboxylic acids is 1. The summed E-state index contributed by atoms with van der Waals surface area (Å²) in [6.45, 7) is 0.266. The Morgan fingerprint density at radius 2 is 2.19 bits per heavy atom. The van der Waals surface area contributed by atoms with Gasteiger partial charge in [0.15, 0.2) is 5.82 Å². The molecule has 2 rings (SSSR count). The Morgan fingerprint density at radius 3 is 2.71 bits per heavy atom. The van der Waals surface area contributed by atoms with E-state index in [0.717, 1.165) is 16.4 Å². The van der Waals surface area contributed by atoms with E-state index in [2.05, 4.69) is 0 Å². The molecule has 1 fully saturated rings. The van der Waals surface area contributed by atoms with E-state index in [1.165, 1.54) is 7.11 Å². The van der Waals surface area contributed by atoms with Crippen LogP contribution < -0.4 is 0 Å². The molecule has 0 radical (unpaired) electrons. The van der Waals surface area contributed by atoms with Gasteiger partial charge in [0.25, 0.3) is 0 Å². The number of sulfonamides is 1.